The summed E-state index contributed by atoms with van der Waals surface area (Å²) >= 11 is 0. The minimum Gasteiger partial charge on any atom is -0.497 e. The summed E-state index contributed by atoms with van der Waals surface area (Å²) in [6.07, 6.45) is 12.6. The number of nitrogens with one attached hydrogen (secondary N) is 2. The van der Waals surface area contributed by atoms with Crippen LogP contribution in [0.5, 0.6) is 11.5 Å². The van der Waals surface area contributed by atoms with Gasteiger partial charge in [0.15, 0.2) is 5.82 Å². The lowest BCUT2D eigenvalue weighted by atomic mass is 10.0. The summed E-state index contributed by atoms with van der Waals surface area (Å²) in [4.78, 5) is 46.3. The molecule has 0 aliphatic carbocycles. The standard InChI is InChI=1S/C39H44N4O6/c1-4-5-6-7-8-23-49-34-20-16-30(17-21-34)32-25-40-37(41-26-32)31-14-9-29(10-15-31)24-35(38(45)42-27(2)39(46)47)43-36(44)22-13-28-11-18-33(48-3)19-12-28/h9-22,25-27,35H,4-8,23-24H2,1-3H3,(H,42,45)(H,43,44)(H,46,47)/b22-13+/t27-,35+/m1/s1. The van der Waals surface area contributed by atoms with E-state index >= 15 is 0 Å². The monoisotopic (exact) mass is 664 g/mol. The van der Waals surface area contributed by atoms with Crippen LogP contribution in [0.3, 0.4) is 0 Å². The zero-order valence-electron chi connectivity index (χ0n) is 28.2. The lowest BCUT2D eigenvalue weighted by Gasteiger charge is -2.19. The zero-order chi connectivity index (χ0) is 35.0. The van der Waals surface area contributed by atoms with Crippen LogP contribution in [0, 0.1) is 0 Å². The van der Waals surface area contributed by atoms with E-state index in [1.807, 2.05) is 48.5 Å². The average molecular weight is 665 g/mol. The second kappa shape index (κ2) is 18.7. The molecule has 4 rings (SSSR count). The quantitative estimate of drug-likeness (QED) is 0.0810. The van der Waals surface area contributed by atoms with Crippen molar-refractivity contribution >= 4 is 23.9 Å². The molecular formula is C39H44N4O6. The second-order valence-corrected chi connectivity index (χ2v) is 11.7. The number of benzene rings is 3. The highest BCUT2D eigenvalue weighted by Gasteiger charge is 2.24. The van der Waals surface area contributed by atoms with Crippen molar-refractivity contribution in [2.45, 2.75) is 64.5 Å². The molecule has 2 amide bonds. The van der Waals surface area contributed by atoms with Gasteiger partial charge in [-0.15, -0.1) is 0 Å². The largest absolute Gasteiger partial charge is 0.497 e. The van der Waals surface area contributed by atoms with Crippen molar-refractivity contribution in [1.29, 1.82) is 0 Å². The van der Waals surface area contributed by atoms with Gasteiger partial charge in [-0.1, -0.05) is 81.1 Å². The number of carbonyl (C=O) groups is 3. The van der Waals surface area contributed by atoms with E-state index in [1.54, 1.807) is 49.8 Å². The normalized spacial score (nSPS) is 12.2. The van der Waals surface area contributed by atoms with Gasteiger partial charge in [0.05, 0.1) is 13.7 Å². The number of hydrogen-bond acceptors (Lipinski definition) is 7. The Hall–Kier alpha value is -5.51. The van der Waals surface area contributed by atoms with Crippen LogP contribution in [0.4, 0.5) is 0 Å². The summed E-state index contributed by atoms with van der Waals surface area (Å²) < 4.78 is 11.0. The predicted octanol–water partition coefficient (Wildman–Crippen LogP) is 6.50. The molecule has 1 aromatic heterocycles. The van der Waals surface area contributed by atoms with Gasteiger partial charge in [-0.05, 0) is 60.4 Å². The third kappa shape index (κ3) is 11.6. The van der Waals surface area contributed by atoms with Crippen molar-refractivity contribution in [3.63, 3.8) is 0 Å². The van der Waals surface area contributed by atoms with E-state index in [0.717, 1.165) is 46.6 Å². The Morgan fingerprint density at radius 2 is 1.43 bits per heavy atom. The van der Waals surface area contributed by atoms with Crippen molar-refractivity contribution in [2.75, 3.05) is 13.7 Å². The second-order valence-electron chi connectivity index (χ2n) is 11.7. The molecule has 0 fully saturated rings. The number of aliphatic carboxylic acids is 1. The number of rotatable bonds is 18. The Kier molecular flexibility index (Phi) is 13.9. The molecule has 10 heteroatoms. The third-order valence-corrected chi connectivity index (χ3v) is 7.91. The highest BCUT2D eigenvalue weighted by Crippen LogP contribution is 2.24. The zero-order valence-corrected chi connectivity index (χ0v) is 28.2. The fourth-order valence-electron chi connectivity index (χ4n) is 4.98. The van der Waals surface area contributed by atoms with Gasteiger partial charge in [-0.3, -0.25) is 14.4 Å². The Morgan fingerprint density at radius 1 is 0.796 bits per heavy atom. The summed E-state index contributed by atoms with van der Waals surface area (Å²) in [5, 5.41) is 14.4. The minimum absolute atomic E-state index is 0.138. The number of nitrogens with zero attached hydrogens (tertiary/aromatic N) is 2. The molecule has 0 saturated carbocycles. The van der Waals surface area contributed by atoms with E-state index in [9.17, 15) is 19.5 Å². The van der Waals surface area contributed by atoms with Gasteiger partial charge in [-0.2, -0.15) is 0 Å². The van der Waals surface area contributed by atoms with Gasteiger partial charge in [0, 0.05) is 36.0 Å². The molecule has 3 aromatic carbocycles. The smallest absolute Gasteiger partial charge is 0.325 e. The van der Waals surface area contributed by atoms with Gasteiger partial charge in [0.25, 0.3) is 0 Å². The summed E-state index contributed by atoms with van der Waals surface area (Å²) in [6.45, 7) is 4.29. The van der Waals surface area contributed by atoms with Crippen molar-refractivity contribution in [1.82, 2.24) is 20.6 Å². The average Bonchev–Trinajstić information content (AvgIpc) is 3.12. The molecule has 256 valence electrons. The molecule has 1 heterocycles. The van der Waals surface area contributed by atoms with E-state index < -0.39 is 29.9 Å². The first-order chi connectivity index (χ1) is 23.7. The molecule has 0 radical (unpaired) electrons. The van der Waals surface area contributed by atoms with Crippen molar-refractivity contribution in [3.05, 3.63) is 102 Å². The van der Waals surface area contributed by atoms with Gasteiger partial charge in [-0.25, -0.2) is 9.97 Å². The number of methoxy groups -OCH3 is 1. The molecule has 0 aliphatic rings. The SMILES string of the molecule is CCCCCCCOc1ccc(-c2cnc(-c3ccc(C[C@H](NC(=O)/C=C/c4ccc(OC)cc4)C(=O)N[C@H](C)C(=O)O)cc3)nc2)cc1. The minimum atomic E-state index is -1.18. The maximum atomic E-state index is 13.0. The first kappa shape index (κ1) is 36.3. The Labute approximate surface area is 287 Å². The van der Waals surface area contributed by atoms with E-state index in [0.29, 0.717) is 11.6 Å². The molecule has 0 aliphatic heterocycles. The fraction of sp³-hybridized carbons (Fsp3) is 0.308. The lowest BCUT2D eigenvalue weighted by Crippen LogP contribution is -2.51. The van der Waals surface area contributed by atoms with Crippen LogP contribution in [-0.4, -0.2) is 58.7 Å². The van der Waals surface area contributed by atoms with Crippen LogP contribution in [-0.2, 0) is 20.8 Å². The molecule has 0 saturated heterocycles. The highest BCUT2D eigenvalue weighted by atomic mass is 16.5. The summed E-state index contributed by atoms with van der Waals surface area (Å²) in [5.74, 6) is -0.203. The van der Waals surface area contributed by atoms with Crippen molar-refractivity contribution in [3.8, 4) is 34.0 Å². The molecule has 2 atom stereocenters. The topological polar surface area (TPSA) is 140 Å². The number of unbranched alkanes of at least 4 members (excludes halogenated alkanes) is 4. The van der Waals surface area contributed by atoms with Crippen LogP contribution in [0.1, 0.15) is 57.1 Å². The van der Waals surface area contributed by atoms with E-state index in [1.165, 1.54) is 38.7 Å². The number of amides is 2. The summed E-state index contributed by atoms with van der Waals surface area (Å²) in [5.41, 5.74) is 4.18. The number of aromatic nitrogens is 2. The number of ether oxygens (including phenoxy) is 2. The molecule has 10 nitrogen and oxygen atoms in total. The lowest BCUT2D eigenvalue weighted by molar-refractivity contribution is -0.141. The fourth-order valence-corrected chi connectivity index (χ4v) is 4.98. The molecule has 0 unspecified atom stereocenters. The molecule has 0 bridgehead atoms. The number of carboxylic acids is 1. The van der Waals surface area contributed by atoms with E-state index in [2.05, 4.69) is 27.5 Å². The molecular weight excluding hydrogens is 620 g/mol. The predicted molar refractivity (Wildman–Crippen MR) is 190 cm³/mol. The van der Waals surface area contributed by atoms with Crippen LogP contribution in [0.15, 0.2) is 91.3 Å². The first-order valence-electron chi connectivity index (χ1n) is 16.6. The maximum absolute atomic E-state index is 13.0. The summed E-state index contributed by atoms with van der Waals surface area (Å²) in [7, 11) is 1.57. The highest BCUT2D eigenvalue weighted by molar-refractivity contribution is 5.96. The number of carboxylic acid groups (broad SMARTS) is 1. The van der Waals surface area contributed by atoms with E-state index in [4.69, 9.17) is 9.47 Å². The Bertz CT molecular complexity index is 1670. The summed E-state index contributed by atoms with van der Waals surface area (Å²) in [6, 6.07) is 20.3. The van der Waals surface area contributed by atoms with Gasteiger partial charge in [0.1, 0.15) is 23.6 Å². The Balaban J connectivity index is 1.37. The van der Waals surface area contributed by atoms with Crippen molar-refractivity contribution in [2.24, 2.45) is 0 Å². The molecule has 0 spiro atoms. The third-order valence-electron chi connectivity index (χ3n) is 7.91. The Morgan fingerprint density at radius 3 is 2.06 bits per heavy atom. The number of carbonyl (C=O) groups excluding carboxylic acids is 2. The molecule has 49 heavy (non-hydrogen) atoms. The van der Waals surface area contributed by atoms with Gasteiger partial charge < -0.3 is 25.2 Å². The van der Waals surface area contributed by atoms with Crippen LogP contribution < -0.4 is 20.1 Å². The van der Waals surface area contributed by atoms with Crippen LogP contribution in [0.25, 0.3) is 28.6 Å². The van der Waals surface area contributed by atoms with Gasteiger partial charge in [0.2, 0.25) is 11.8 Å². The first-order valence-corrected chi connectivity index (χ1v) is 16.6. The van der Waals surface area contributed by atoms with E-state index in [-0.39, 0.29) is 6.42 Å². The van der Waals surface area contributed by atoms with Crippen molar-refractivity contribution < 1.29 is 29.0 Å². The van der Waals surface area contributed by atoms with Crippen LogP contribution in [0.2, 0.25) is 0 Å². The van der Waals surface area contributed by atoms with Crippen LogP contribution >= 0.6 is 0 Å². The maximum Gasteiger partial charge on any atom is 0.325 e. The number of hydrogen-bond donors (Lipinski definition) is 3. The molecule has 3 N–H and O–H groups in total. The molecule has 4 aromatic rings. The van der Waals surface area contributed by atoms with Gasteiger partial charge >= 0.3 is 5.97 Å².